The Morgan fingerprint density at radius 3 is 2.77 bits per heavy atom. The summed E-state index contributed by atoms with van der Waals surface area (Å²) in [6, 6.07) is 20.3. The molecule has 6 heteroatoms. The zero-order valence-corrected chi connectivity index (χ0v) is 18.0. The Hall–Kier alpha value is -2.70. The van der Waals surface area contributed by atoms with Gasteiger partial charge in [0.1, 0.15) is 5.01 Å². The number of likely N-dealkylation sites (tertiary alicyclic amines) is 1. The second-order valence-corrected chi connectivity index (χ2v) is 9.46. The van der Waals surface area contributed by atoms with Crippen molar-refractivity contribution in [3.05, 3.63) is 89.2 Å². The molecule has 4 nitrogen and oxygen atoms in total. The number of hydrogen-bond donors (Lipinski definition) is 0. The molecule has 2 aromatic carbocycles. The van der Waals surface area contributed by atoms with Gasteiger partial charge in [0.15, 0.2) is 0 Å². The lowest BCUT2D eigenvalue weighted by Crippen LogP contribution is -2.30. The number of thioether (sulfide) groups is 1. The second-order valence-electron chi connectivity index (χ2n) is 7.35. The Bertz CT molecular complexity index is 1130. The summed E-state index contributed by atoms with van der Waals surface area (Å²) in [6.45, 7) is 0.789. The fourth-order valence-electron chi connectivity index (χ4n) is 3.81. The van der Waals surface area contributed by atoms with Crippen molar-refractivity contribution >= 4 is 39.2 Å². The summed E-state index contributed by atoms with van der Waals surface area (Å²) in [7, 11) is 0. The van der Waals surface area contributed by atoms with Gasteiger partial charge in [0.2, 0.25) is 0 Å². The lowest BCUT2D eigenvalue weighted by molar-refractivity contribution is 0.0735. The SMILES string of the molecule is O=C(c1ccc(SCc2cccnc2)cc1)N1CCCC1c1nc2ccccc2s1. The number of para-hydroxylation sites is 1. The molecule has 1 aliphatic rings. The molecule has 0 N–H and O–H groups in total. The maximum Gasteiger partial charge on any atom is 0.254 e. The van der Waals surface area contributed by atoms with Crippen molar-refractivity contribution in [2.75, 3.05) is 6.54 Å². The van der Waals surface area contributed by atoms with E-state index in [0.29, 0.717) is 0 Å². The third-order valence-corrected chi connectivity index (χ3v) is 7.56. The number of thiazole rings is 1. The van der Waals surface area contributed by atoms with Crippen LogP contribution in [0.5, 0.6) is 0 Å². The highest BCUT2D eigenvalue weighted by atomic mass is 32.2. The molecule has 1 atom stereocenters. The number of pyridine rings is 1. The third kappa shape index (κ3) is 3.98. The highest BCUT2D eigenvalue weighted by Crippen LogP contribution is 2.37. The molecule has 0 spiro atoms. The Labute approximate surface area is 184 Å². The van der Waals surface area contributed by atoms with E-state index in [4.69, 9.17) is 4.98 Å². The van der Waals surface area contributed by atoms with Crippen molar-refractivity contribution in [2.45, 2.75) is 29.5 Å². The number of hydrogen-bond acceptors (Lipinski definition) is 5. The van der Waals surface area contributed by atoms with Gasteiger partial charge in [-0.1, -0.05) is 18.2 Å². The van der Waals surface area contributed by atoms with Crippen LogP contribution in [0.2, 0.25) is 0 Å². The van der Waals surface area contributed by atoms with Gasteiger partial charge in [-0.3, -0.25) is 9.78 Å². The minimum absolute atomic E-state index is 0.0783. The van der Waals surface area contributed by atoms with Crippen molar-refractivity contribution < 1.29 is 4.79 Å². The molecule has 0 bridgehead atoms. The summed E-state index contributed by atoms with van der Waals surface area (Å²) in [5, 5.41) is 1.05. The monoisotopic (exact) mass is 431 g/mol. The van der Waals surface area contributed by atoms with Gasteiger partial charge < -0.3 is 4.90 Å². The van der Waals surface area contributed by atoms with Crippen LogP contribution in [0.15, 0.2) is 78.0 Å². The summed E-state index contributed by atoms with van der Waals surface area (Å²) < 4.78 is 1.18. The topological polar surface area (TPSA) is 46.1 Å². The lowest BCUT2D eigenvalue weighted by atomic mass is 10.1. The van der Waals surface area contributed by atoms with Crippen LogP contribution in [-0.4, -0.2) is 27.3 Å². The van der Waals surface area contributed by atoms with Crippen molar-refractivity contribution in [2.24, 2.45) is 0 Å². The third-order valence-electron chi connectivity index (χ3n) is 5.34. The molecule has 2 aromatic heterocycles. The van der Waals surface area contributed by atoms with E-state index in [1.165, 1.54) is 10.3 Å². The summed E-state index contributed by atoms with van der Waals surface area (Å²) in [5.41, 5.74) is 2.96. The smallest absolute Gasteiger partial charge is 0.254 e. The van der Waals surface area contributed by atoms with E-state index in [1.54, 1.807) is 29.3 Å². The van der Waals surface area contributed by atoms with Crippen LogP contribution in [0.25, 0.3) is 10.2 Å². The highest BCUT2D eigenvalue weighted by molar-refractivity contribution is 7.98. The van der Waals surface area contributed by atoms with Gasteiger partial charge in [-0.05, 0) is 60.9 Å². The van der Waals surface area contributed by atoms with Gasteiger partial charge in [0.25, 0.3) is 5.91 Å². The van der Waals surface area contributed by atoms with E-state index < -0.39 is 0 Å². The zero-order chi connectivity index (χ0) is 20.3. The van der Waals surface area contributed by atoms with E-state index >= 15 is 0 Å². The molecule has 1 amide bonds. The zero-order valence-electron chi connectivity index (χ0n) is 16.4. The van der Waals surface area contributed by atoms with E-state index in [-0.39, 0.29) is 11.9 Å². The average Bonchev–Trinajstić information content (AvgIpc) is 3.45. The molecule has 0 saturated carbocycles. The first-order chi connectivity index (χ1) is 14.8. The molecular weight excluding hydrogens is 410 g/mol. The minimum atomic E-state index is 0.0783. The van der Waals surface area contributed by atoms with Gasteiger partial charge in [-0.15, -0.1) is 23.1 Å². The normalized spacial score (nSPS) is 16.3. The molecule has 30 heavy (non-hydrogen) atoms. The largest absolute Gasteiger partial charge is 0.329 e. The number of carbonyl (C=O) groups is 1. The van der Waals surface area contributed by atoms with Crippen molar-refractivity contribution in [3.8, 4) is 0 Å². The fourth-order valence-corrected chi connectivity index (χ4v) is 5.76. The van der Waals surface area contributed by atoms with E-state index in [0.717, 1.165) is 46.1 Å². The maximum absolute atomic E-state index is 13.2. The standard InChI is InChI=1S/C24H21N3OS2/c28-24(18-9-11-19(12-10-18)29-16-17-5-3-13-25-15-17)27-14-4-7-21(27)23-26-20-6-1-2-8-22(20)30-23/h1-3,5-6,8-13,15,21H,4,7,14,16H2. The molecule has 1 saturated heterocycles. The quantitative estimate of drug-likeness (QED) is 0.366. The second kappa shape index (κ2) is 8.58. The lowest BCUT2D eigenvalue weighted by Gasteiger charge is -2.23. The van der Waals surface area contributed by atoms with Crippen LogP contribution in [0.3, 0.4) is 0 Å². The number of benzene rings is 2. The Morgan fingerprint density at radius 1 is 1.10 bits per heavy atom. The molecule has 0 radical (unpaired) electrons. The first-order valence-corrected chi connectivity index (χ1v) is 11.9. The minimum Gasteiger partial charge on any atom is -0.329 e. The molecule has 1 aliphatic heterocycles. The Balaban J connectivity index is 1.29. The molecule has 4 aromatic rings. The molecule has 150 valence electrons. The summed E-state index contributed by atoms with van der Waals surface area (Å²) in [6.07, 6.45) is 5.67. The van der Waals surface area contributed by atoms with Crippen molar-refractivity contribution in [3.63, 3.8) is 0 Å². The van der Waals surface area contributed by atoms with Crippen LogP contribution in [0, 0.1) is 0 Å². The van der Waals surface area contributed by atoms with Crippen LogP contribution in [0.1, 0.15) is 39.8 Å². The average molecular weight is 432 g/mol. The van der Waals surface area contributed by atoms with Gasteiger partial charge in [0.05, 0.1) is 16.3 Å². The van der Waals surface area contributed by atoms with E-state index in [1.807, 2.05) is 59.6 Å². The summed E-state index contributed by atoms with van der Waals surface area (Å²) in [5.74, 6) is 0.966. The maximum atomic E-state index is 13.2. The molecule has 3 heterocycles. The van der Waals surface area contributed by atoms with Gasteiger partial charge in [-0.25, -0.2) is 4.98 Å². The summed E-state index contributed by atoms with van der Waals surface area (Å²) >= 11 is 3.46. The van der Waals surface area contributed by atoms with Gasteiger partial charge >= 0.3 is 0 Å². The fraction of sp³-hybridized carbons (Fsp3) is 0.208. The van der Waals surface area contributed by atoms with Gasteiger partial charge in [0, 0.05) is 35.2 Å². The first kappa shape index (κ1) is 19.3. The molecule has 1 fully saturated rings. The van der Waals surface area contributed by atoms with Crippen LogP contribution in [-0.2, 0) is 5.75 Å². The van der Waals surface area contributed by atoms with Crippen molar-refractivity contribution in [1.82, 2.24) is 14.9 Å². The number of carbonyl (C=O) groups excluding carboxylic acids is 1. The summed E-state index contributed by atoms with van der Waals surface area (Å²) in [4.78, 5) is 25.3. The Kier molecular flexibility index (Phi) is 5.51. The molecule has 1 unspecified atom stereocenters. The van der Waals surface area contributed by atoms with Gasteiger partial charge in [-0.2, -0.15) is 0 Å². The van der Waals surface area contributed by atoms with E-state index in [9.17, 15) is 4.79 Å². The predicted molar refractivity (Wildman–Crippen MR) is 123 cm³/mol. The van der Waals surface area contributed by atoms with Crippen LogP contribution < -0.4 is 0 Å². The van der Waals surface area contributed by atoms with Crippen molar-refractivity contribution in [1.29, 1.82) is 0 Å². The number of nitrogens with zero attached hydrogens (tertiary/aromatic N) is 3. The molecule has 0 aliphatic carbocycles. The number of fused-ring (bicyclic) bond motifs is 1. The van der Waals surface area contributed by atoms with Crippen LogP contribution in [0.4, 0.5) is 0 Å². The molecule has 5 rings (SSSR count). The number of aromatic nitrogens is 2. The van der Waals surface area contributed by atoms with Crippen LogP contribution >= 0.6 is 23.1 Å². The Morgan fingerprint density at radius 2 is 1.97 bits per heavy atom. The number of rotatable bonds is 5. The number of amides is 1. The first-order valence-electron chi connectivity index (χ1n) is 10.1. The van der Waals surface area contributed by atoms with E-state index in [2.05, 4.69) is 17.1 Å². The predicted octanol–water partition coefficient (Wildman–Crippen LogP) is 5.96. The highest BCUT2D eigenvalue weighted by Gasteiger charge is 2.32. The molecular formula is C24H21N3OS2.